The lowest BCUT2D eigenvalue weighted by molar-refractivity contribution is -0.125. The summed E-state index contributed by atoms with van der Waals surface area (Å²) >= 11 is 5.35. The zero-order valence-corrected chi connectivity index (χ0v) is 18.2. The fraction of sp³-hybridized carbons (Fsp3) is 0.190. The number of sulfonamides is 1. The van der Waals surface area contributed by atoms with Gasteiger partial charge in [-0.1, -0.05) is 30.3 Å². The zero-order chi connectivity index (χ0) is 21.5. The average Bonchev–Trinajstić information content (AvgIpc) is 3.22. The Morgan fingerprint density at radius 2 is 1.70 bits per heavy atom. The summed E-state index contributed by atoms with van der Waals surface area (Å²) in [5.74, 6) is -0.341. The van der Waals surface area contributed by atoms with Crippen LogP contribution in [0, 0.1) is 13.8 Å². The number of nitrogens with zero attached hydrogens (tertiary/aromatic N) is 4. The molecule has 9 heteroatoms. The maximum absolute atomic E-state index is 13.1. The maximum atomic E-state index is 13.1. The van der Waals surface area contributed by atoms with Gasteiger partial charge in [-0.25, -0.2) is 17.4 Å². The van der Waals surface area contributed by atoms with E-state index in [0.29, 0.717) is 0 Å². The van der Waals surface area contributed by atoms with Gasteiger partial charge < -0.3 is 0 Å². The highest BCUT2D eigenvalue weighted by Gasteiger charge is 2.40. The molecule has 1 aromatic heterocycles. The highest BCUT2D eigenvalue weighted by Crippen LogP contribution is 2.24. The van der Waals surface area contributed by atoms with Crippen molar-refractivity contribution < 1.29 is 13.2 Å². The first-order chi connectivity index (χ1) is 14.3. The number of benzene rings is 2. The van der Waals surface area contributed by atoms with Gasteiger partial charge in [-0.2, -0.15) is 5.10 Å². The Kier molecular flexibility index (Phi) is 5.17. The molecule has 0 bridgehead atoms. The Balaban J connectivity index is 1.58. The van der Waals surface area contributed by atoms with Crippen LogP contribution in [0.2, 0.25) is 0 Å². The molecule has 0 atom stereocenters. The number of aromatic nitrogens is 2. The molecular formula is C21H20N4O3S2. The molecule has 0 saturated carbocycles. The Labute approximate surface area is 180 Å². The molecule has 0 N–H and O–H groups in total. The third-order valence-corrected chi connectivity index (χ3v) is 7.19. The molecule has 1 fully saturated rings. The molecule has 4 rings (SSSR count). The molecule has 0 radical (unpaired) electrons. The molecule has 7 nitrogen and oxygen atoms in total. The normalized spacial score (nSPS) is 14.6. The van der Waals surface area contributed by atoms with Crippen LogP contribution in [0.1, 0.15) is 17.0 Å². The van der Waals surface area contributed by atoms with Crippen molar-refractivity contribution in [2.75, 3.05) is 6.54 Å². The Morgan fingerprint density at radius 3 is 2.30 bits per heavy atom. The summed E-state index contributed by atoms with van der Waals surface area (Å²) in [6.45, 7) is 3.77. The number of amides is 1. The number of aryl methyl sites for hydroxylation is 2. The van der Waals surface area contributed by atoms with E-state index in [2.05, 4.69) is 5.10 Å². The second kappa shape index (κ2) is 7.66. The van der Waals surface area contributed by atoms with Crippen LogP contribution in [0.25, 0.3) is 5.69 Å². The van der Waals surface area contributed by atoms with E-state index in [1.807, 2.05) is 50.2 Å². The smallest absolute Gasteiger partial charge is 0.266 e. The summed E-state index contributed by atoms with van der Waals surface area (Å²) < 4.78 is 29.0. The molecule has 1 saturated heterocycles. The van der Waals surface area contributed by atoms with E-state index < -0.39 is 10.0 Å². The highest BCUT2D eigenvalue weighted by molar-refractivity contribution is 7.91. The highest BCUT2D eigenvalue weighted by atomic mass is 32.2. The quantitative estimate of drug-likeness (QED) is 0.571. The van der Waals surface area contributed by atoms with Gasteiger partial charge in [0.2, 0.25) is 5.91 Å². The second-order valence-electron chi connectivity index (χ2n) is 7.09. The lowest BCUT2D eigenvalue weighted by atomic mass is 10.2. The zero-order valence-electron chi connectivity index (χ0n) is 16.5. The summed E-state index contributed by atoms with van der Waals surface area (Å²) in [5, 5.41) is 4.40. The number of carbonyl (C=O) groups is 1. The van der Waals surface area contributed by atoms with Gasteiger partial charge in [0.15, 0.2) is 5.11 Å². The van der Waals surface area contributed by atoms with Crippen molar-refractivity contribution in [1.29, 1.82) is 0 Å². The molecule has 3 aromatic rings. The Bertz CT molecular complexity index is 1220. The van der Waals surface area contributed by atoms with Crippen molar-refractivity contribution in [2.24, 2.45) is 0 Å². The SMILES string of the molecule is Cc1cc(C)n(-c2ccc(S(=O)(=O)N3CC(=O)N(Cc4ccccc4)C3=S)cc2)n1. The summed E-state index contributed by atoms with van der Waals surface area (Å²) in [7, 11) is -3.95. The Hall–Kier alpha value is -3.04. The number of thiocarbonyl (C=S) groups is 1. The number of hydrogen-bond donors (Lipinski definition) is 0. The van der Waals surface area contributed by atoms with E-state index in [1.165, 1.54) is 17.0 Å². The van der Waals surface area contributed by atoms with Crippen LogP contribution >= 0.6 is 12.2 Å². The van der Waals surface area contributed by atoms with Gasteiger partial charge in [0.1, 0.15) is 6.54 Å². The van der Waals surface area contributed by atoms with Crippen LogP contribution in [-0.4, -0.2) is 45.0 Å². The molecular weight excluding hydrogens is 420 g/mol. The molecule has 0 spiro atoms. The van der Waals surface area contributed by atoms with Gasteiger partial charge in [0, 0.05) is 5.69 Å². The predicted octanol–water partition coefficient (Wildman–Crippen LogP) is 2.81. The summed E-state index contributed by atoms with van der Waals surface area (Å²) in [6, 6.07) is 17.7. The molecule has 154 valence electrons. The van der Waals surface area contributed by atoms with Crippen molar-refractivity contribution in [2.45, 2.75) is 25.3 Å². The number of hydrogen-bond acceptors (Lipinski definition) is 5. The molecule has 1 amide bonds. The maximum Gasteiger partial charge on any atom is 0.266 e. The van der Waals surface area contributed by atoms with Crippen LogP contribution in [0.5, 0.6) is 0 Å². The van der Waals surface area contributed by atoms with Crippen molar-refractivity contribution in [3.05, 3.63) is 77.6 Å². The van der Waals surface area contributed by atoms with Crippen LogP contribution < -0.4 is 0 Å². The van der Waals surface area contributed by atoms with Crippen LogP contribution in [0.15, 0.2) is 65.6 Å². The van der Waals surface area contributed by atoms with Crippen molar-refractivity contribution >= 4 is 33.3 Å². The molecule has 2 aromatic carbocycles. The van der Waals surface area contributed by atoms with E-state index in [1.54, 1.807) is 16.8 Å². The van der Waals surface area contributed by atoms with Gasteiger partial charge in [0.25, 0.3) is 10.0 Å². The summed E-state index contributed by atoms with van der Waals surface area (Å²) in [6.07, 6.45) is 0. The largest absolute Gasteiger partial charge is 0.282 e. The van der Waals surface area contributed by atoms with Gasteiger partial charge >= 0.3 is 0 Å². The van der Waals surface area contributed by atoms with Crippen LogP contribution in [0.4, 0.5) is 0 Å². The first kappa shape index (κ1) is 20.2. The average molecular weight is 441 g/mol. The molecule has 0 unspecified atom stereocenters. The standard InChI is InChI=1S/C21H20N4O3S2/c1-15-12-16(2)25(22-15)18-8-10-19(11-9-18)30(27,28)24-14-20(26)23(21(24)29)13-17-6-4-3-5-7-17/h3-12H,13-14H2,1-2H3. The van der Waals surface area contributed by atoms with Gasteiger partial charge in [-0.05, 0) is 62.0 Å². The third-order valence-electron chi connectivity index (χ3n) is 4.89. The fourth-order valence-electron chi connectivity index (χ4n) is 3.40. The minimum absolute atomic E-state index is 0.00789. The van der Waals surface area contributed by atoms with E-state index in [-0.39, 0.29) is 29.0 Å². The second-order valence-corrected chi connectivity index (χ2v) is 9.32. The summed E-state index contributed by atoms with van der Waals surface area (Å²) in [4.78, 5) is 13.9. The molecule has 1 aliphatic rings. The topological polar surface area (TPSA) is 75.5 Å². The minimum Gasteiger partial charge on any atom is -0.282 e. The molecule has 2 heterocycles. The van der Waals surface area contributed by atoms with E-state index in [4.69, 9.17) is 12.2 Å². The van der Waals surface area contributed by atoms with Gasteiger partial charge in [-0.15, -0.1) is 0 Å². The molecule has 30 heavy (non-hydrogen) atoms. The van der Waals surface area contributed by atoms with E-state index >= 15 is 0 Å². The predicted molar refractivity (Wildman–Crippen MR) is 117 cm³/mol. The van der Waals surface area contributed by atoms with Crippen LogP contribution in [-0.2, 0) is 21.4 Å². The van der Waals surface area contributed by atoms with Crippen molar-refractivity contribution in [3.8, 4) is 5.69 Å². The van der Waals surface area contributed by atoms with Gasteiger partial charge in [0.05, 0.1) is 22.8 Å². The lowest BCUT2D eigenvalue weighted by Crippen LogP contribution is -2.36. The van der Waals surface area contributed by atoms with E-state index in [0.717, 1.165) is 26.9 Å². The number of carbonyl (C=O) groups excluding carboxylic acids is 1. The first-order valence-electron chi connectivity index (χ1n) is 9.32. The van der Waals surface area contributed by atoms with Crippen molar-refractivity contribution in [3.63, 3.8) is 0 Å². The number of rotatable bonds is 5. The first-order valence-corrected chi connectivity index (χ1v) is 11.2. The molecule has 1 aliphatic heterocycles. The monoisotopic (exact) mass is 440 g/mol. The van der Waals surface area contributed by atoms with Crippen LogP contribution in [0.3, 0.4) is 0 Å². The molecule has 0 aliphatic carbocycles. The third kappa shape index (κ3) is 3.61. The summed E-state index contributed by atoms with van der Waals surface area (Å²) in [5.41, 5.74) is 3.46. The van der Waals surface area contributed by atoms with Gasteiger partial charge in [-0.3, -0.25) is 9.69 Å². The fourth-order valence-corrected chi connectivity index (χ4v) is 5.25. The Morgan fingerprint density at radius 1 is 1.03 bits per heavy atom. The minimum atomic E-state index is -3.95. The van der Waals surface area contributed by atoms with E-state index in [9.17, 15) is 13.2 Å². The lowest BCUT2D eigenvalue weighted by Gasteiger charge is -2.20. The van der Waals surface area contributed by atoms with Crippen molar-refractivity contribution in [1.82, 2.24) is 19.0 Å².